The second kappa shape index (κ2) is 8.26. The minimum absolute atomic E-state index is 0.00499. The van der Waals surface area contributed by atoms with Crippen LogP contribution in [-0.4, -0.2) is 60.5 Å². The molecule has 2 unspecified atom stereocenters. The van der Waals surface area contributed by atoms with Gasteiger partial charge in [-0.2, -0.15) is 8.78 Å². The number of halogens is 2. The maximum absolute atomic E-state index is 13.3. The van der Waals surface area contributed by atoms with Crippen molar-refractivity contribution in [2.75, 3.05) is 13.7 Å². The molecule has 0 saturated heterocycles. The van der Waals surface area contributed by atoms with Crippen molar-refractivity contribution in [3.8, 4) is 16.9 Å². The molecule has 2 aliphatic carbocycles. The first-order chi connectivity index (χ1) is 18.4. The van der Waals surface area contributed by atoms with Gasteiger partial charge in [-0.3, -0.25) is 9.20 Å². The van der Waals surface area contributed by atoms with Gasteiger partial charge in [-0.1, -0.05) is 12.5 Å². The molecule has 2 atom stereocenters. The smallest absolute Gasteiger partial charge is 0.387 e. The van der Waals surface area contributed by atoms with Crippen molar-refractivity contribution < 1.29 is 23.4 Å². The Kier molecular flexibility index (Phi) is 5.03. The zero-order valence-electron chi connectivity index (χ0n) is 20.5. The summed E-state index contributed by atoms with van der Waals surface area (Å²) in [4.78, 5) is 33.3. The van der Waals surface area contributed by atoms with Gasteiger partial charge in [-0.05, 0) is 31.4 Å². The van der Waals surface area contributed by atoms with Crippen LogP contribution in [0.15, 0.2) is 43.0 Å². The Labute approximate surface area is 216 Å². The monoisotopic (exact) mass is 518 g/mol. The molecule has 4 aromatic rings. The van der Waals surface area contributed by atoms with E-state index in [1.165, 1.54) is 6.07 Å². The number of ether oxygens (including phenoxy) is 1. The molecule has 4 heterocycles. The van der Waals surface area contributed by atoms with Crippen molar-refractivity contribution in [2.24, 2.45) is 0 Å². The molecule has 1 aromatic carbocycles. The van der Waals surface area contributed by atoms with E-state index in [1.54, 1.807) is 42.7 Å². The first kappa shape index (κ1) is 23.2. The second-order valence-electron chi connectivity index (χ2n) is 10.3. The highest BCUT2D eigenvalue weighted by Crippen LogP contribution is 2.52. The zero-order valence-corrected chi connectivity index (χ0v) is 20.5. The lowest BCUT2D eigenvalue weighted by Crippen LogP contribution is -2.39. The molecule has 7 rings (SSSR count). The molecule has 1 saturated carbocycles. The number of aromatic nitrogens is 5. The van der Waals surface area contributed by atoms with E-state index in [2.05, 4.69) is 15.0 Å². The molecule has 1 amide bonds. The number of hydrogen-bond donors (Lipinski definition) is 1. The standard InChI is InChI=1S/C27H24F2N6O3/c1-34-18-8-17(20-16(23(34)37)4-2-5-19(20)38-25(28)29)22-21(18)33-26-32-11-15(12-35(22)26)14-9-30-24(31-10-14)27(13-36)6-3-7-27/h2,4-5,9-12,17-18,25,36H,3,6-8,13H2,1H3. The van der Waals surface area contributed by atoms with Gasteiger partial charge in [0.25, 0.3) is 5.91 Å². The molecule has 9 nitrogen and oxygen atoms in total. The van der Waals surface area contributed by atoms with Crippen molar-refractivity contribution >= 4 is 11.7 Å². The van der Waals surface area contributed by atoms with Crippen LogP contribution in [-0.2, 0) is 5.41 Å². The van der Waals surface area contributed by atoms with Crippen LogP contribution >= 0.6 is 0 Å². The van der Waals surface area contributed by atoms with Crippen LogP contribution in [0.25, 0.3) is 16.9 Å². The number of hydrogen-bond acceptors (Lipinski definition) is 7. The van der Waals surface area contributed by atoms with Crippen LogP contribution in [0.3, 0.4) is 0 Å². The van der Waals surface area contributed by atoms with Gasteiger partial charge in [-0.25, -0.2) is 19.9 Å². The Morgan fingerprint density at radius 2 is 1.92 bits per heavy atom. The predicted octanol–water partition coefficient (Wildman–Crippen LogP) is 3.86. The second-order valence-corrected chi connectivity index (χ2v) is 10.3. The first-order valence-corrected chi connectivity index (χ1v) is 12.6. The molecule has 1 aliphatic heterocycles. The normalized spacial score (nSPS) is 21.3. The SMILES string of the molecule is CN1C(=O)c2cccc(OC(F)F)c2C2CC1c1nc3ncc(-c4cnc(C5(CO)CCC5)nc4)cn3c12. The average Bonchev–Trinajstić information content (AvgIpc) is 3.41. The summed E-state index contributed by atoms with van der Waals surface area (Å²) in [6.07, 6.45) is 10.4. The molecule has 3 aliphatic rings. The number of aliphatic hydroxyl groups excluding tert-OH is 1. The van der Waals surface area contributed by atoms with E-state index < -0.39 is 6.61 Å². The fourth-order valence-corrected chi connectivity index (χ4v) is 6.18. The number of carbonyl (C=O) groups excluding carboxylic acids is 1. The van der Waals surface area contributed by atoms with Crippen molar-refractivity contribution in [3.05, 3.63) is 71.3 Å². The van der Waals surface area contributed by atoms with Crippen molar-refractivity contribution in [3.63, 3.8) is 0 Å². The number of rotatable bonds is 5. The molecule has 1 fully saturated rings. The molecule has 0 radical (unpaired) electrons. The van der Waals surface area contributed by atoms with Gasteiger partial charge in [0.2, 0.25) is 5.78 Å². The summed E-state index contributed by atoms with van der Waals surface area (Å²) in [6.45, 7) is -2.99. The Morgan fingerprint density at radius 3 is 2.61 bits per heavy atom. The van der Waals surface area contributed by atoms with Gasteiger partial charge in [0.05, 0.1) is 29.5 Å². The summed E-state index contributed by atoms with van der Waals surface area (Å²) < 4.78 is 33.4. The van der Waals surface area contributed by atoms with Crippen molar-refractivity contribution in [1.29, 1.82) is 0 Å². The maximum atomic E-state index is 13.3. The van der Waals surface area contributed by atoms with Crippen LogP contribution in [0.5, 0.6) is 5.75 Å². The highest BCUT2D eigenvalue weighted by atomic mass is 19.3. The van der Waals surface area contributed by atoms with Crippen molar-refractivity contribution in [1.82, 2.24) is 29.2 Å². The maximum Gasteiger partial charge on any atom is 0.387 e. The fourth-order valence-electron chi connectivity index (χ4n) is 6.18. The van der Waals surface area contributed by atoms with E-state index in [4.69, 9.17) is 9.72 Å². The summed E-state index contributed by atoms with van der Waals surface area (Å²) in [6, 6.07) is 4.37. The minimum Gasteiger partial charge on any atom is -0.434 e. The van der Waals surface area contributed by atoms with Gasteiger partial charge in [-0.15, -0.1) is 0 Å². The number of aliphatic hydroxyl groups is 1. The van der Waals surface area contributed by atoms with E-state index in [0.29, 0.717) is 34.8 Å². The average molecular weight is 519 g/mol. The van der Waals surface area contributed by atoms with E-state index in [9.17, 15) is 18.7 Å². The molecule has 0 spiro atoms. The summed E-state index contributed by atoms with van der Waals surface area (Å²) in [5.41, 5.74) is 3.46. The number of imidazole rings is 1. The molecule has 194 valence electrons. The van der Waals surface area contributed by atoms with E-state index in [0.717, 1.165) is 36.1 Å². The molecule has 2 bridgehead atoms. The summed E-state index contributed by atoms with van der Waals surface area (Å²) in [5, 5.41) is 9.85. The van der Waals surface area contributed by atoms with E-state index in [1.807, 2.05) is 10.6 Å². The number of alkyl halides is 2. The van der Waals surface area contributed by atoms with Crippen LogP contribution in [0.4, 0.5) is 8.78 Å². The fraction of sp³-hybridized carbons (Fsp3) is 0.370. The summed E-state index contributed by atoms with van der Waals surface area (Å²) in [5.74, 6) is 0.454. The van der Waals surface area contributed by atoms with Crippen LogP contribution in [0, 0.1) is 0 Å². The van der Waals surface area contributed by atoms with Gasteiger partial charge in [0.1, 0.15) is 11.6 Å². The Hall–Kier alpha value is -3.99. The molecule has 38 heavy (non-hydrogen) atoms. The van der Waals surface area contributed by atoms with E-state index >= 15 is 0 Å². The number of benzene rings is 1. The Bertz CT molecular complexity index is 1580. The van der Waals surface area contributed by atoms with Gasteiger partial charge in [0, 0.05) is 60.0 Å². The molecule has 3 aromatic heterocycles. The number of amides is 1. The van der Waals surface area contributed by atoms with Gasteiger partial charge < -0.3 is 14.7 Å². The van der Waals surface area contributed by atoms with Crippen LogP contribution in [0.1, 0.15) is 70.8 Å². The minimum atomic E-state index is -3.02. The predicted molar refractivity (Wildman–Crippen MR) is 131 cm³/mol. The van der Waals surface area contributed by atoms with Gasteiger partial charge >= 0.3 is 6.61 Å². The number of fused-ring (bicyclic) bond motifs is 9. The highest BCUT2D eigenvalue weighted by Gasteiger charge is 2.46. The summed E-state index contributed by atoms with van der Waals surface area (Å²) in [7, 11) is 1.71. The summed E-state index contributed by atoms with van der Waals surface area (Å²) >= 11 is 0. The topological polar surface area (TPSA) is 106 Å². The zero-order chi connectivity index (χ0) is 26.2. The lowest BCUT2D eigenvalue weighted by atomic mass is 9.69. The third-order valence-electron chi connectivity index (χ3n) is 8.37. The largest absolute Gasteiger partial charge is 0.434 e. The molecular formula is C27H24F2N6O3. The highest BCUT2D eigenvalue weighted by molar-refractivity contribution is 5.98. The van der Waals surface area contributed by atoms with E-state index in [-0.39, 0.29) is 35.6 Å². The third kappa shape index (κ3) is 3.20. The molecular weight excluding hydrogens is 494 g/mol. The lowest BCUT2D eigenvalue weighted by Gasteiger charge is -2.38. The van der Waals surface area contributed by atoms with Gasteiger partial charge in [0.15, 0.2) is 0 Å². The number of carbonyl (C=O) groups is 1. The first-order valence-electron chi connectivity index (χ1n) is 12.6. The van der Waals surface area contributed by atoms with Crippen molar-refractivity contribution in [2.45, 2.75) is 49.7 Å². The quantitative estimate of drug-likeness (QED) is 0.428. The third-order valence-corrected chi connectivity index (χ3v) is 8.37. The molecule has 1 N–H and O–H groups in total. The number of nitrogens with zero attached hydrogens (tertiary/aromatic N) is 6. The molecule has 11 heteroatoms. The Balaban J connectivity index is 1.35. The lowest BCUT2D eigenvalue weighted by molar-refractivity contribution is -0.0506. The van der Waals surface area contributed by atoms with Crippen LogP contribution < -0.4 is 4.74 Å². The van der Waals surface area contributed by atoms with Crippen LogP contribution in [0.2, 0.25) is 0 Å². The Morgan fingerprint density at radius 1 is 1.16 bits per heavy atom.